The first-order valence-electron chi connectivity index (χ1n) is 6.12. The predicted octanol–water partition coefficient (Wildman–Crippen LogP) is 2.28. The van der Waals surface area contributed by atoms with Gasteiger partial charge in [-0.05, 0) is 36.9 Å². The van der Waals surface area contributed by atoms with Gasteiger partial charge >= 0.3 is 0 Å². The van der Waals surface area contributed by atoms with E-state index in [0.29, 0.717) is 18.0 Å². The average molecular weight is 290 g/mol. The molecule has 0 saturated carbocycles. The number of nitrogens with two attached hydrogens (primary N) is 1. The first kappa shape index (κ1) is 15.5. The van der Waals surface area contributed by atoms with Gasteiger partial charge in [0.25, 0.3) is 0 Å². The smallest absolute Gasteiger partial charge is 0.150 e. The van der Waals surface area contributed by atoms with Crippen LogP contribution in [0.25, 0.3) is 0 Å². The third-order valence-electron chi connectivity index (χ3n) is 3.08. The number of rotatable bonds is 7. The first-order chi connectivity index (χ1) is 8.48. The molecule has 18 heavy (non-hydrogen) atoms. The van der Waals surface area contributed by atoms with Crippen molar-refractivity contribution in [2.24, 2.45) is 11.7 Å². The van der Waals surface area contributed by atoms with Crippen molar-refractivity contribution < 1.29 is 8.42 Å². The van der Waals surface area contributed by atoms with Crippen molar-refractivity contribution in [3.8, 4) is 0 Å². The van der Waals surface area contributed by atoms with Crippen molar-refractivity contribution >= 4 is 21.4 Å². The molecule has 1 aromatic carbocycles. The van der Waals surface area contributed by atoms with Crippen LogP contribution in [0, 0.1) is 5.92 Å². The van der Waals surface area contributed by atoms with Gasteiger partial charge in [0.05, 0.1) is 5.75 Å². The van der Waals surface area contributed by atoms with E-state index in [4.69, 9.17) is 17.3 Å². The van der Waals surface area contributed by atoms with Crippen molar-refractivity contribution in [1.82, 2.24) is 0 Å². The van der Waals surface area contributed by atoms with Gasteiger partial charge in [-0.2, -0.15) is 0 Å². The zero-order valence-electron chi connectivity index (χ0n) is 10.6. The Balaban J connectivity index is 2.61. The Hall–Kier alpha value is -0.580. The second kappa shape index (κ2) is 7.12. The minimum atomic E-state index is -2.92. The monoisotopic (exact) mass is 289 g/mol. The number of hydrogen-bond acceptors (Lipinski definition) is 3. The molecule has 0 aliphatic heterocycles. The summed E-state index contributed by atoms with van der Waals surface area (Å²) in [6.07, 6.45) is 1.33. The van der Waals surface area contributed by atoms with Crippen LogP contribution >= 0.6 is 11.6 Å². The van der Waals surface area contributed by atoms with Crippen LogP contribution in [0.5, 0.6) is 0 Å². The number of halogens is 1. The van der Waals surface area contributed by atoms with Crippen molar-refractivity contribution in [3.63, 3.8) is 0 Å². The summed E-state index contributed by atoms with van der Waals surface area (Å²) in [4.78, 5) is 0. The molecule has 102 valence electrons. The predicted molar refractivity (Wildman–Crippen MR) is 76.6 cm³/mol. The van der Waals surface area contributed by atoms with Crippen molar-refractivity contribution in [3.05, 3.63) is 34.9 Å². The average Bonchev–Trinajstić information content (AvgIpc) is 2.36. The lowest BCUT2D eigenvalue weighted by molar-refractivity contribution is 0.512. The molecule has 0 amide bonds. The second-order valence-electron chi connectivity index (χ2n) is 4.42. The highest BCUT2D eigenvalue weighted by atomic mass is 35.5. The molecule has 0 heterocycles. The number of benzene rings is 1. The zero-order valence-corrected chi connectivity index (χ0v) is 12.2. The summed E-state index contributed by atoms with van der Waals surface area (Å²) in [6, 6.07) is 7.61. The fourth-order valence-electron chi connectivity index (χ4n) is 1.77. The van der Waals surface area contributed by atoms with E-state index in [0.717, 1.165) is 12.0 Å². The van der Waals surface area contributed by atoms with Gasteiger partial charge in [0.2, 0.25) is 0 Å². The summed E-state index contributed by atoms with van der Waals surface area (Å²) >= 11 is 6.08. The molecule has 0 fully saturated rings. The lowest BCUT2D eigenvalue weighted by Crippen LogP contribution is -2.21. The third kappa shape index (κ3) is 4.96. The van der Waals surface area contributed by atoms with Crippen LogP contribution in [0.15, 0.2) is 24.3 Å². The Kier molecular flexibility index (Phi) is 6.12. The van der Waals surface area contributed by atoms with Gasteiger partial charge < -0.3 is 5.73 Å². The minimum Gasteiger partial charge on any atom is -0.330 e. The van der Waals surface area contributed by atoms with Crippen LogP contribution in [0.1, 0.15) is 18.9 Å². The maximum absolute atomic E-state index is 11.5. The first-order valence-corrected chi connectivity index (χ1v) is 8.32. The molecule has 5 heteroatoms. The third-order valence-corrected chi connectivity index (χ3v) is 5.18. The molecule has 2 N–H and O–H groups in total. The topological polar surface area (TPSA) is 60.2 Å². The lowest BCUT2D eigenvalue weighted by Gasteiger charge is -2.15. The largest absolute Gasteiger partial charge is 0.330 e. The van der Waals surface area contributed by atoms with E-state index in [1.165, 1.54) is 0 Å². The molecule has 1 unspecified atom stereocenters. The summed E-state index contributed by atoms with van der Waals surface area (Å²) in [5.41, 5.74) is 6.73. The van der Waals surface area contributed by atoms with E-state index < -0.39 is 9.84 Å². The summed E-state index contributed by atoms with van der Waals surface area (Å²) in [5.74, 6) is 0.554. The fraction of sp³-hybridized carbons (Fsp3) is 0.538. The highest BCUT2D eigenvalue weighted by molar-refractivity contribution is 7.91. The van der Waals surface area contributed by atoms with Crippen molar-refractivity contribution in [2.45, 2.75) is 19.8 Å². The molecule has 0 aliphatic rings. The Bertz CT molecular complexity index is 474. The Morgan fingerprint density at radius 1 is 1.33 bits per heavy atom. The summed E-state index contributed by atoms with van der Waals surface area (Å²) in [5, 5.41) is 0.717. The van der Waals surface area contributed by atoms with Crippen LogP contribution in [-0.4, -0.2) is 26.5 Å². The van der Waals surface area contributed by atoms with Crippen LogP contribution in [0.2, 0.25) is 5.02 Å². The molecule has 0 aliphatic carbocycles. The van der Waals surface area contributed by atoms with Gasteiger partial charge in [0.1, 0.15) is 9.84 Å². The fourth-order valence-corrected chi connectivity index (χ4v) is 2.96. The van der Waals surface area contributed by atoms with Gasteiger partial charge in [-0.25, -0.2) is 8.42 Å². The highest BCUT2D eigenvalue weighted by Gasteiger charge is 2.14. The quantitative estimate of drug-likeness (QED) is 0.838. The van der Waals surface area contributed by atoms with Gasteiger partial charge in [-0.3, -0.25) is 0 Å². The van der Waals surface area contributed by atoms with Crippen LogP contribution in [0.4, 0.5) is 0 Å². The molecular formula is C13H20ClNO2S. The molecule has 1 aromatic rings. The molecule has 0 spiro atoms. The van der Waals surface area contributed by atoms with Crippen LogP contribution in [-0.2, 0) is 16.3 Å². The van der Waals surface area contributed by atoms with Gasteiger partial charge in [0, 0.05) is 10.8 Å². The van der Waals surface area contributed by atoms with E-state index >= 15 is 0 Å². The SMILES string of the molecule is CCS(=O)(=O)CCC(CN)Cc1ccccc1Cl. The van der Waals surface area contributed by atoms with E-state index in [9.17, 15) is 8.42 Å². The highest BCUT2D eigenvalue weighted by Crippen LogP contribution is 2.20. The molecular weight excluding hydrogens is 270 g/mol. The van der Waals surface area contributed by atoms with E-state index in [1.54, 1.807) is 6.92 Å². The second-order valence-corrected chi connectivity index (χ2v) is 7.30. The van der Waals surface area contributed by atoms with E-state index in [2.05, 4.69) is 0 Å². The van der Waals surface area contributed by atoms with Gasteiger partial charge in [0.15, 0.2) is 0 Å². The van der Waals surface area contributed by atoms with Crippen molar-refractivity contribution in [2.75, 3.05) is 18.1 Å². The molecule has 1 rings (SSSR count). The van der Waals surface area contributed by atoms with Gasteiger partial charge in [-0.15, -0.1) is 0 Å². The van der Waals surface area contributed by atoms with E-state index in [-0.39, 0.29) is 17.4 Å². The molecule has 0 aromatic heterocycles. The zero-order chi connectivity index (χ0) is 13.6. The van der Waals surface area contributed by atoms with Crippen LogP contribution in [0.3, 0.4) is 0 Å². The molecule has 3 nitrogen and oxygen atoms in total. The summed E-state index contributed by atoms with van der Waals surface area (Å²) in [7, 11) is -2.92. The maximum Gasteiger partial charge on any atom is 0.150 e. The van der Waals surface area contributed by atoms with Gasteiger partial charge in [-0.1, -0.05) is 36.7 Å². The van der Waals surface area contributed by atoms with Crippen LogP contribution < -0.4 is 5.73 Å². The molecule has 0 saturated heterocycles. The Morgan fingerprint density at radius 2 is 2.00 bits per heavy atom. The standard InChI is InChI=1S/C13H20ClNO2S/c1-2-18(16,17)8-7-11(10-15)9-12-5-3-4-6-13(12)14/h3-6,11H,2,7-10,15H2,1H3. The summed E-state index contributed by atoms with van der Waals surface area (Å²) in [6.45, 7) is 2.14. The lowest BCUT2D eigenvalue weighted by atomic mass is 9.97. The van der Waals surface area contributed by atoms with Crippen molar-refractivity contribution in [1.29, 1.82) is 0 Å². The Morgan fingerprint density at radius 3 is 2.56 bits per heavy atom. The number of sulfone groups is 1. The molecule has 0 bridgehead atoms. The molecule has 0 radical (unpaired) electrons. The summed E-state index contributed by atoms with van der Waals surface area (Å²) < 4.78 is 22.9. The number of hydrogen-bond donors (Lipinski definition) is 1. The Labute approximate surface area is 114 Å². The minimum absolute atomic E-state index is 0.159. The normalized spacial score (nSPS) is 13.5. The maximum atomic E-state index is 11.5. The van der Waals surface area contributed by atoms with E-state index in [1.807, 2.05) is 24.3 Å². The molecule has 1 atom stereocenters.